The van der Waals surface area contributed by atoms with Gasteiger partial charge in [-0.25, -0.2) is 19.9 Å². The molecule has 0 aliphatic heterocycles. The number of rotatable bonds is 4. The summed E-state index contributed by atoms with van der Waals surface area (Å²) in [5.74, 6) is 2.39. The van der Waals surface area contributed by atoms with Crippen molar-refractivity contribution < 1.29 is 8.83 Å². The minimum atomic E-state index is 0.575. The monoisotopic (exact) mass is 666 g/mol. The third-order valence-corrected chi connectivity index (χ3v) is 9.93. The molecule has 0 N–H and O–H groups in total. The highest BCUT2D eigenvalue weighted by molar-refractivity contribution is 6.25. The lowest BCUT2D eigenvalue weighted by Gasteiger charge is -2.11. The molecule has 3 aromatic heterocycles. The van der Waals surface area contributed by atoms with Crippen LogP contribution >= 0.6 is 0 Å². The lowest BCUT2D eigenvalue weighted by molar-refractivity contribution is 0.619. The van der Waals surface area contributed by atoms with Crippen LogP contribution in [0.1, 0.15) is 0 Å². The van der Waals surface area contributed by atoms with Gasteiger partial charge in [-0.3, -0.25) is 0 Å². The lowest BCUT2D eigenvalue weighted by Crippen LogP contribution is -2.00. The molecule has 0 radical (unpaired) electrons. The number of nitrogens with zero attached hydrogens (tertiary/aromatic N) is 4. The van der Waals surface area contributed by atoms with E-state index in [9.17, 15) is 0 Å². The van der Waals surface area contributed by atoms with Crippen LogP contribution in [0.2, 0.25) is 0 Å². The Labute approximate surface area is 296 Å². The van der Waals surface area contributed by atoms with E-state index in [0.717, 1.165) is 65.9 Å². The van der Waals surface area contributed by atoms with Gasteiger partial charge < -0.3 is 8.83 Å². The Bertz CT molecular complexity index is 3180. The molecule has 242 valence electrons. The fourth-order valence-corrected chi connectivity index (χ4v) is 7.40. The minimum absolute atomic E-state index is 0.575. The molecule has 0 fully saturated rings. The highest BCUT2D eigenvalue weighted by Gasteiger charge is 2.20. The first kappa shape index (κ1) is 28.6. The molecule has 0 saturated carbocycles. The number of benzene rings is 8. The molecule has 6 heteroatoms. The molecule has 0 atom stereocenters. The van der Waals surface area contributed by atoms with Crippen LogP contribution in [0.3, 0.4) is 0 Å². The summed E-state index contributed by atoms with van der Waals surface area (Å²) >= 11 is 0. The minimum Gasteiger partial charge on any atom is -0.456 e. The number of furan rings is 1. The molecular formula is C46H26N4O2. The topological polar surface area (TPSA) is 77.8 Å². The maximum atomic E-state index is 6.43. The Hall–Kier alpha value is -7.18. The number of hydrogen-bond donors (Lipinski definition) is 0. The van der Waals surface area contributed by atoms with Gasteiger partial charge in [0.2, 0.25) is 5.89 Å². The normalized spacial score (nSPS) is 11.8. The SMILES string of the molecule is c1ccc(-c2nc(-c3ccc4ccc5ccccc5c4c3)nc(-c3ccc4ccc5oc6ccc7oc(-c8ccccc8)nc7c6c5c4c3)n2)cc1. The van der Waals surface area contributed by atoms with Gasteiger partial charge in [0, 0.05) is 27.6 Å². The van der Waals surface area contributed by atoms with Crippen molar-refractivity contribution in [3.63, 3.8) is 0 Å². The first-order chi connectivity index (χ1) is 25.7. The first-order valence-corrected chi connectivity index (χ1v) is 17.2. The number of hydrogen-bond acceptors (Lipinski definition) is 6. The van der Waals surface area contributed by atoms with E-state index in [2.05, 4.69) is 78.9 Å². The van der Waals surface area contributed by atoms with Crippen LogP contribution in [0.25, 0.3) is 111 Å². The van der Waals surface area contributed by atoms with Gasteiger partial charge in [-0.2, -0.15) is 0 Å². The Morgan fingerprint density at radius 2 is 0.846 bits per heavy atom. The second kappa shape index (κ2) is 11.2. The van der Waals surface area contributed by atoms with E-state index in [4.69, 9.17) is 28.8 Å². The van der Waals surface area contributed by atoms with Crippen molar-refractivity contribution in [3.8, 4) is 45.6 Å². The van der Waals surface area contributed by atoms with Crippen LogP contribution in [0.5, 0.6) is 0 Å². The number of oxazole rings is 1. The zero-order valence-electron chi connectivity index (χ0n) is 27.6. The zero-order valence-corrected chi connectivity index (χ0v) is 27.6. The van der Waals surface area contributed by atoms with E-state index in [0.29, 0.717) is 28.9 Å². The quantitative estimate of drug-likeness (QED) is 0.174. The van der Waals surface area contributed by atoms with Gasteiger partial charge in [-0.1, -0.05) is 115 Å². The fraction of sp³-hybridized carbons (Fsp3) is 0. The van der Waals surface area contributed by atoms with E-state index in [1.807, 2.05) is 78.9 Å². The standard InChI is InChI=1S/C46H26N4O2/c1-3-10-30(11-4-1)43-48-44(32-19-17-28-16-15-27-9-7-8-14-34(27)35(28)25-32)50-45(49-43)33-20-18-29-21-22-37-40(36(29)26-33)41-38(51-37)23-24-39-42(41)47-46(52-39)31-12-5-2-6-13-31/h1-26H. The Morgan fingerprint density at radius 1 is 0.327 bits per heavy atom. The summed E-state index contributed by atoms with van der Waals surface area (Å²) in [5.41, 5.74) is 6.66. The molecule has 0 amide bonds. The second-order valence-corrected chi connectivity index (χ2v) is 13.0. The predicted octanol–water partition coefficient (Wildman–Crippen LogP) is 12.0. The summed E-state index contributed by atoms with van der Waals surface area (Å²) < 4.78 is 12.7. The van der Waals surface area contributed by atoms with E-state index < -0.39 is 0 Å². The third kappa shape index (κ3) is 4.51. The smallest absolute Gasteiger partial charge is 0.227 e. The lowest BCUT2D eigenvalue weighted by atomic mass is 9.99. The molecular weight excluding hydrogens is 641 g/mol. The molecule has 8 aromatic carbocycles. The van der Waals surface area contributed by atoms with Crippen molar-refractivity contribution in [2.75, 3.05) is 0 Å². The Kier molecular flexibility index (Phi) is 6.15. The van der Waals surface area contributed by atoms with E-state index >= 15 is 0 Å². The number of fused-ring (bicyclic) bond motifs is 10. The van der Waals surface area contributed by atoms with Gasteiger partial charge in [0.05, 0.1) is 5.39 Å². The van der Waals surface area contributed by atoms with Gasteiger partial charge in [-0.05, 0) is 74.8 Å². The van der Waals surface area contributed by atoms with Crippen LogP contribution in [0.4, 0.5) is 0 Å². The highest BCUT2D eigenvalue weighted by atomic mass is 16.4. The summed E-state index contributed by atoms with van der Waals surface area (Å²) in [6.07, 6.45) is 0. The molecule has 0 aliphatic carbocycles. The van der Waals surface area contributed by atoms with Crippen molar-refractivity contribution in [1.29, 1.82) is 0 Å². The van der Waals surface area contributed by atoms with Crippen LogP contribution in [-0.2, 0) is 0 Å². The van der Waals surface area contributed by atoms with Crippen molar-refractivity contribution in [2.45, 2.75) is 0 Å². The molecule has 3 heterocycles. The molecule has 11 aromatic rings. The van der Waals surface area contributed by atoms with Gasteiger partial charge >= 0.3 is 0 Å². The zero-order chi connectivity index (χ0) is 34.2. The molecule has 0 saturated heterocycles. The first-order valence-electron chi connectivity index (χ1n) is 17.2. The molecule has 6 nitrogen and oxygen atoms in total. The van der Waals surface area contributed by atoms with Gasteiger partial charge in [0.15, 0.2) is 23.1 Å². The van der Waals surface area contributed by atoms with Crippen LogP contribution in [0.15, 0.2) is 167 Å². The summed E-state index contributed by atoms with van der Waals surface area (Å²) in [4.78, 5) is 20.2. The Balaban J connectivity index is 1.14. The van der Waals surface area contributed by atoms with Crippen LogP contribution in [0, 0.1) is 0 Å². The summed E-state index contributed by atoms with van der Waals surface area (Å²) in [6, 6.07) is 53.6. The highest BCUT2D eigenvalue weighted by Crippen LogP contribution is 2.41. The maximum absolute atomic E-state index is 6.43. The van der Waals surface area contributed by atoms with E-state index in [1.54, 1.807) is 0 Å². The van der Waals surface area contributed by atoms with Crippen molar-refractivity contribution in [3.05, 3.63) is 158 Å². The van der Waals surface area contributed by atoms with Crippen LogP contribution in [-0.4, -0.2) is 19.9 Å². The van der Waals surface area contributed by atoms with Gasteiger partial charge in [0.25, 0.3) is 0 Å². The maximum Gasteiger partial charge on any atom is 0.227 e. The van der Waals surface area contributed by atoms with E-state index in [-0.39, 0.29) is 0 Å². The van der Waals surface area contributed by atoms with Crippen molar-refractivity contribution in [2.24, 2.45) is 0 Å². The fourth-order valence-electron chi connectivity index (χ4n) is 7.40. The van der Waals surface area contributed by atoms with Crippen molar-refractivity contribution in [1.82, 2.24) is 19.9 Å². The van der Waals surface area contributed by atoms with Gasteiger partial charge in [-0.15, -0.1) is 0 Å². The average Bonchev–Trinajstić information content (AvgIpc) is 3.83. The van der Waals surface area contributed by atoms with Crippen molar-refractivity contribution >= 4 is 65.4 Å². The number of aromatic nitrogens is 4. The molecule has 0 aliphatic rings. The Morgan fingerprint density at radius 3 is 1.60 bits per heavy atom. The molecule has 0 bridgehead atoms. The molecule has 0 spiro atoms. The average molecular weight is 667 g/mol. The largest absolute Gasteiger partial charge is 0.456 e. The second-order valence-electron chi connectivity index (χ2n) is 13.0. The molecule has 11 rings (SSSR count). The summed E-state index contributed by atoms with van der Waals surface area (Å²) in [6.45, 7) is 0. The molecule has 0 unspecified atom stereocenters. The van der Waals surface area contributed by atoms with Gasteiger partial charge in [0.1, 0.15) is 16.7 Å². The summed E-state index contributed by atoms with van der Waals surface area (Å²) in [5, 5.41) is 8.71. The third-order valence-electron chi connectivity index (χ3n) is 9.93. The van der Waals surface area contributed by atoms with Crippen LogP contribution < -0.4 is 0 Å². The predicted molar refractivity (Wildman–Crippen MR) is 209 cm³/mol. The molecule has 52 heavy (non-hydrogen) atoms. The summed E-state index contributed by atoms with van der Waals surface area (Å²) in [7, 11) is 0. The van der Waals surface area contributed by atoms with E-state index in [1.165, 1.54) is 16.2 Å².